The van der Waals surface area contributed by atoms with Crippen molar-refractivity contribution in [1.29, 1.82) is 0 Å². The summed E-state index contributed by atoms with van der Waals surface area (Å²) in [7, 11) is 0. The molecule has 3 N–H and O–H groups in total. The van der Waals surface area contributed by atoms with Gasteiger partial charge in [-0.05, 0) is 23.5 Å². The van der Waals surface area contributed by atoms with E-state index in [0.717, 1.165) is 13.0 Å². The maximum atomic E-state index is 10.4. The van der Waals surface area contributed by atoms with Crippen LogP contribution >= 0.6 is 0 Å². The van der Waals surface area contributed by atoms with Crippen LogP contribution in [0.4, 0.5) is 0 Å². The largest absolute Gasteiger partial charge is 0.370 e. The van der Waals surface area contributed by atoms with E-state index in [1.807, 2.05) is 0 Å². The third-order valence-electron chi connectivity index (χ3n) is 2.66. The molecule has 1 aromatic carbocycles. The first kappa shape index (κ1) is 15.7. The molecule has 0 atom stereocenters. The van der Waals surface area contributed by atoms with Gasteiger partial charge in [-0.1, -0.05) is 38.1 Å². The number of rotatable bonds is 9. The van der Waals surface area contributed by atoms with Crippen molar-refractivity contribution in [2.75, 3.05) is 19.8 Å². The number of hydrogen-bond donors (Lipinski definition) is 2. The second-order valence-corrected chi connectivity index (χ2v) is 5.11. The van der Waals surface area contributed by atoms with Crippen LogP contribution in [-0.2, 0) is 22.5 Å². The number of carbonyl (C=O) groups is 1. The van der Waals surface area contributed by atoms with Crippen LogP contribution < -0.4 is 11.1 Å². The van der Waals surface area contributed by atoms with Crippen LogP contribution in [0.25, 0.3) is 0 Å². The molecular formula is C15H24N2O2. The quantitative estimate of drug-likeness (QED) is 0.664. The molecular weight excluding hydrogens is 240 g/mol. The molecule has 1 amide bonds. The van der Waals surface area contributed by atoms with Crippen molar-refractivity contribution in [3.05, 3.63) is 35.4 Å². The zero-order valence-corrected chi connectivity index (χ0v) is 11.8. The average molecular weight is 264 g/mol. The Balaban J connectivity index is 2.17. The van der Waals surface area contributed by atoms with Gasteiger partial charge in [0.25, 0.3) is 0 Å². The summed E-state index contributed by atoms with van der Waals surface area (Å²) in [6.45, 7) is 6.45. The van der Waals surface area contributed by atoms with Gasteiger partial charge in [-0.3, -0.25) is 4.79 Å². The first-order valence-corrected chi connectivity index (χ1v) is 6.72. The van der Waals surface area contributed by atoms with Gasteiger partial charge in [-0.2, -0.15) is 0 Å². The van der Waals surface area contributed by atoms with Crippen LogP contribution in [0.5, 0.6) is 0 Å². The van der Waals surface area contributed by atoms with Crippen LogP contribution in [-0.4, -0.2) is 25.7 Å². The van der Waals surface area contributed by atoms with Crippen molar-refractivity contribution in [3.8, 4) is 0 Å². The summed E-state index contributed by atoms with van der Waals surface area (Å²) in [5.41, 5.74) is 7.59. The smallest absolute Gasteiger partial charge is 0.243 e. The minimum Gasteiger partial charge on any atom is -0.370 e. The fraction of sp³-hybridized carbons (Fsp3) is 0.533. The molecule has 0 heterocycles. The van der Waals surface area contributed by atoms with Gasteiger partial charge in [-0.25, -0.2) is 0 Å². The first-order valence-electron chi connectivity index (χ1n) is 6.72. The summed E-state index contributed by atoms with van der Waals surface area (Å²) in [6.07, 6.45) is 1.12. The predicted octanol–water partition coefficient (Wildman–Crippen LogP) is 1.48. The summed E-state index contributed by atoms with van der Waals surface area (Å²) >= 11 is 0. The van der Waals surface area contributed by atoms with Gasteiger partial charge < -0.3 is 15.8 Å². The lowest BCUT2D eigenvalue weighted by Crippen LogP contribution is -2.23. The monoisotopic (exact) mass is 264 g/mol. The van der Waals surface area contributed by atoms with Crippen LogP contribution in [0.2, 0.25) is 0 Å². The molecule has 4 nitrogen and oxygen atoms in total. The second kappa shape index (κ2) is 8.67. The van der Waals surface area contributed by atoms with E-state index in [2.05, 4.69) is 43.4 Å². The average Bonchev–Trinajstić information content (AvgIpc) is 2.34. The molecule has 0 aliphatic carbocycles. The molecule has 0 aliphatic heterocycles. The Bertz CT molecular complexity index is 374. The van der Waals surface area contributed by atoms with Crippen molar-refractivity contribution in [2.45, 2.75) is 26.8 Å². The third kappa shape index (κ3) is 7.59. The minimum atomic E-state index is -0.430. The van der Waals surface area contributed by atoms with E-state index in [9.17, 15) is 4.79 Å². The molecule has 1 rings (SSSR count). The lowest BCUT2D eigenvalue weighted by molar-refractivity contribution is -0.122. The Labute approximate surface area is 115 Å². The highest BCUT2D eigenvalue weighted by atomic mass is 16.5. The van der Waals surface area contributed by atoms with Gasteiger partial charge in [0.1, 0.15) is 6.61 Å². The number of nitrogens with two attached hydrogens (primary N) is 1. The lowest BCUT2D eigenvalue weighted by Gasteiger charge is -2.08. The molecule has 1 aromatic rings. The Morgan fingerprint density at radius 3 is 2.47 bits per heavy atom. The summed E-state index contributed by atoms with van der Waals surface area (Å²) in [6, 6.07) is 8.66. The van der Waals surface area contributed by atoms with E-state index in [1.165, 1.54) is 11.1 Å². The summed E-state index contributed by atoms with van der Waals surface area (Å²) in [4.78, 5) is 10.4. The molecule has 0 unspecified atom stereocenters. The summed E-state index contributed by atoms with van der Waals surface area (Å²) in [5.74, 6) is 0.257. The van der Waals surface area contributed by atoms with Gasteiger partial charge >= 0.3 is 0 Å². The summed E-state index contributed by atoms with van der Waals surface area (Å²) in [5, 5.41) is 3.26. The van der Waals surface area contributed by atoms with E-state index in [0.29, 0.717) is 19.1 Å². The molecule has 0 fully saturated rings. The van der Waals surface area contributed by atoms with Gasteiger partial charge in [0.2, 0.25) is 5.91 Å². The standard InChI is InChI=1S/C15H24N2O2/c1-12(2)9-13-3-5-14(6-4-13)10-17-7-8-19-11-15(16)18/h3-6,12,17H,7-11H2,1-2H3,(H2,16,18). The predicted molar refractivity (Wildman–Crippen MR) is 76.7 cm³/mol. The normalized spacial score (nSPS) is 10.9. The molecule has 0 saturated carbocycles. The second-order valence-electron chi connectivity index (χ2n) is 5.11. The van der Waals surface area contributed by atoms with E-state index >= 15 is 0 Å². The number of amides is 1. The SMILES string of the molecule is CC(C)Cc1ccc(CNCCOCC(N)=O)cc1. The van der Waals surface area contributed by atoms with Crippen molar-refractivity contribution in [2.24, 2.45) is 11.7 Å². The Kier molecular flexibility index (Phi) is 7.15. The van der Waals surface area contributed by atoms with Crippen LogP contribution in [0.1, 0.15) is 25.0 Å². The fourth-order valence-electron chi connectivity index (χ4n) is 1.81. The van der Waals surface area contributed by atoms with Crippen LogP contribution in [0.15, 0.2) is 24.3 Å². The van der Waals surface area contributed by atoms with Crippen molar-refractivity contribution in [1.82, 2.24) is 5.32 Å². The van der Waals surface area contributed by atoms with E-state index in [1.54, 1.807) is 0 Å². The zero-order chi connectivity index (χ0) is 14.1. The fourth-order valence-corrected chi connectivity index (χ4v) is 1.81. The lowest BCUT2D eigenvalue weighted by atomic mass is 10.0. The molecule has 0 radical (unpaired) electrons. The van der Waals surface area contributed by atoms with Gasteiger partial charge in [-0.15, -0.1) is 0 Å². The maximum absolute atomic E-state index is 10.4. The maximum Gasteiger partial charge on any atom is 0.243 e. The molecule has 0 aromatic heterocycles. The highest BCUT2D eigenvalue weighted by Crippen LogP contribution is 2.09. The number of ether oxygens (including phenoxy) is 1. The summed E-state index contributed by atoms with van der Waals surface area (Å²) < 4.78 is 5.06. The van der Waals surface area contributed by atoms with Gasteiger partial charge in [0.05, 0.1) is 6.61 Å². The van der Waals surface area contributed by atoms with Crippen molar-refractivity contribution in [3.63, 3.8) is 0 Å². The Hall–Kier alpha value is -1.39. The van der Waals surface area contributed by atoms with Crippen LogP contribution in [0.3, 0.4) is 0 Å². The van der Waals surface area contributed by atoms with Gasteiger partial charge in [0.15, 0.2) is 0 Å². The molecule has 4 heteroatoms. The third-order valence-corrected chi connectivity index (χ3v) is 2.66. The van der Waals surface area contributed by atoms with E-state index in [-0.39, 0.29) is 6.61 Å². The van der Waals surface area contributed by atoms with E-state index < -0.39 is 5.91 Å². The zero-order valence-electron chi connectivity index (χ0n) is 11.8. The minimum absolute atomic E-state index is 0.00835. The van der Waals surface area contributed by atoms with Gasteiger partial charge in [0, 0.05) is 13.1 Å². The number of nitrogens with one attached hydrogen (secondary N) is 1. The Morgan fingerprint density at radius 1 is 1.26 bits per heavy atom. The highest BCUT2D eigenvalue weighted by molar-refractivity contribution is 5.74. The topological polar surface area (TPSA) is 64.3 Å². The van der Waals surface area contributed by atoms with Crippen molar-refractivity contribution >= 4 is 5.91 Å². The number of carbonyl (C=O) groups excluding carboxylic acids is 1. The van der Waals surface area contributed by atoms with E-state index in [4.69, 9.17) is 10.5 Å². The van der Waals surface area contributed by atoms with Crippen LogP contribution in [0, 0.1) is 5.92 Å². The molecule has 0 spiro atoms. The number of benzene rings is 1. The molecule has 19 heavy (non-hydrogen) atoms. The molecule has 0 aliphatic rings. The Morgan fingerprint density at radius 2 is 1.89 bits per heavy atom. The van der Waals surface area contributed by atoms with Crippen molar-refractivity contribution < 1.29 is 9.53 Å². The number of primary amides is 1. The highest BCUT2D eigenvalue weighted by Gasteiger charge is 1.98. The molecule has 0 saturated heterocycles. The first-order chi connectivity index (χ1) is 9.08. The number of hydrogen-bond acceptors (Lipinski definition) is 3. The molecule has 0 bridgehead atoms. The molecule has 106 valence electrons.